The van der Waals surface area contributed by atoms with Crippen LogP contribution in [0.5, 0.6) is 11.5 Å². The summed E-state index contributed by atoms with van der Waals surface area (Å²) in [6.45, 7) is 4.64. The van der Waals surface area contributed by atoms with Crippen molar-refractivity contribution in [2.75, 3.05) is 0 Å². The molecule has 0 fully saturated rings. The van der Waals surface area contributed by atoms with E-state index in [1.807, 2.05) is 42.5 Å². The maximum Gasteiger partial charge on any atom is 0.145 e. The van der Waals surface area contributed by atoms with Gasteiger partial charge in [-0.2, -0.15) is 0 Å². The van der Waals surface area contributed by atoms with Gasteiger partial charge >= 0.3 is 0 Å². The van der Waals surface area contributed by atoms with Gasteiger partial charge in [-0.15, -0.1) is 0 Å². The molecule has 9 aromatic rings. The number of rotatable bonds is 3. The number of para-hydroxylation sites is 2. The van der Waals surface area contributed by atoms with Gasteiger partial charge in [-0.25, -0.2) is 9.97 Å². The molecule has 0 saturated heterocycles. The minimum atomic E-state index is -0.307. The first kappa shape index (κ1) is 26.6. The molecule has 4 aromatic heterocycles. The SMILES string of the molecule is CC1(C)c2ccccc2Sc2c1c(Oc1ccc3c4ccccc4n4ccnc4c3c1)cc1c2c2ccccc2n1-c1ccccn1. The van der Waals surface area contributed by atoms with Crippen LogP contribution in [0.15, 0.2) is 144 Å². The monoisotopic (exact) mass is 624 g/mol. The van der Waals surface area contributed by atoms with Gasteiger partial charge in [0.15, 0.2) is 0 Å². The predicted molar refractivity (Wildman–Crippen MR) is 192 cm³/mol. The van der Waals surface area contributed by atoms with Gasteiger partial charge in [0.1, 0.15) is 23.0 Å². The molecule has 6 heteroatoms. The molecular weight excluding hydrogens is 597 g/mol. The number of hydrogen-bond donors (Lipinski definition) is 0. The third-order valence-electron chi connectivity index (χ3n) is 9.71. The lowest BCUT2D eigenvalue weighted by Crippen LogP contribution is -2.24. The molecule has 5 aromatic carbocycles. The smallest absolute Gasteiger partial charge is 0.145 e. The highest BCUT2D eigenvalue weighted by atomic mass is 32.2. The molecular formula is C41H28N4OS. The van der Waals surface area contributed by atoms with E-state index >= 15 is 0 Å². The number of pyridine rings is 2. The van der Waals surface area contributed by atoms with Crippen LogP contribution >= 0.6 is 11.8 Å². The summed E-state index contributed by atoms with van der Waals surface area (Å²) in [7, 11) is 0. The Morgan fingerprint density at radius 2 is 1.45 bits per heavy atom. The van der Waals surface area contributed by atoms with Crippen LogP contribution in [0, 0.1) is 0 Å². The standard InChI is InChI=1S/C41H28N4OS/c1-41(2)30-13-5-8-16-35(30)47-39-37-28-12-4-7-15-32(28)45(36-17-9-10-20-42-36)33(37)24-34(38(39)41)46-25-18-19-26-27-11-3-6-14-31(27)44-22-21-43-40(44)29(26)23-25/h3-24H,1-2H3. The number of fused-ring (bicyclic) bond motifs is 12. The minimum absolute atomic E-state index is 0.307. The molecule has 5 nitrogen and oxygen atoms in total. The second-order valence-corrected chi connectivity index (χ2v) is 13.7. The fraction of sp³-hybridized carbons (Fsp3) is 0.0732. The summed E-state index contributed by atoms with van der Waals surface area (Å²) >= 11 is 1.84. The lowest BCUT2D eigenvalue weighted by molar-refractivity contribution is 0.457. The van der Waals surface area contributed by atoms with Gasteiger partial charge < -0.3 is 4.74 Å². The van der Waals surface area contributed by atoms with Crippen LogP contribution in [0.1, 0.15) is 25.0 Å². The van der Waals surface area contributed by atoms with Crippen molar-refractivity contribution in [3.63, 3.8) is 0 Å². The second-order valence-electron chi connectivity index (χ2n) is 12.7. The lowest BCUT2D eigenvalue weighted by atomic mass is 9.76. The third kappa shape index (κ3) is 3.73. The van der Waals surface area contributed by atoms with E-state index in [0.717, 1.165) is 50.3 Å². The van der Waals surface area contributed by atoms with E-state index in [1.54, 1.807) is 0 Å². The highest BCUT2D eigenvalue weighted by molar-refractivity contribution is 7.99. The highest BCUT2D eigenvalue weighted by Gasteiger charge is 2.38. The van der Waals surface area contributed by atoms with Crippen LogP contribution in [0.2, 0.25) is 0 Å². The summed E-state index contributed by atoms with van der Waals surface area (Å²) in [6.07, 6.45) is 5.75. The van der Waals surface area contributed by atoms with Gasteiger partial charge in [0, 0.05) is 67.0 Å². The molecule has 10 rings (SSSR count). The molecule has 47 heavy (non-hydrogen) atoms. The molecule has 0 saturated carbocycles. The largest absolute Gasteiger partial charge is 0.457 e. The maximum atomic E-state index is 7.08. The minimum Gasteiger partial charge on any atom is -0.457 e. The topological polar surface area (TPSA) is 44.4 Å². The highest BCUT2D eigenvalue weighted by Crippen LogP contribution is 2.56. The van der Waals surface area contributed by atoms with Crippen LogP contribution in [0.4, 0.5) is 0 Å². The van der Waals surface area contributed by atoms with Gasteiger partial charge in [0.25, 0.3) is 0 Å². The summed E-state index contributed by atoms with van der Waals surface area (Å²) in [5, 5.41) is 5.84. The van der Waals surface area contributed by atoms with Crippen molar-refractivity contribution in [1.82, 2.24) is 18.9 Å². The number of nitrogens with zero attached hydrogens (tertiary/aromatic N) is 4. The zero-order valence-electron chi connectivity index (χ0n) is 25.8. The van der Waals surface area contributed by atoms with Gasteiger partial charge in [0.2, 0.25) is 0 Å². The van der Waals surface area contributed by atoms with Gasteiger partial charge in [-0.3, -0.25) is 8.97 Å². The number of benzene rings is 5. The van der Waals surface area contributed by atoms with Crippen molar-refractivity contribution in [3.05, 3.63) is 145 Å². The van der Waals surface area contributed by atoms with Crippen LogP contribution in [-0.4, -0.2) is 18.9 Å². The van der Waals surface area contributed by atoms with Crippen molar-refractivity contribution < 1.29 is 4.74 Å². The summed E-state index contributed by atoms with van der Waals surface area (Å²) in [5.41, 5.74) is 6.45. The molecule has 0 amide bonds. The molecule has 0 aliphatic carbocycles. The molecule has 1 aliphatic heterocycles. The molecule has 5 heterocycles. The maximum absolute atomic E-state index is 7.08. The Morgan fingerprint density at radius 1 is 0.660 bits per heavy atom. The van der Waals surface area contributed by atoms with Crippen molar-refractivity contribution in [2.24, 2.45) is 0 Å². The zero-order valence-corrected chi connectivity index (χ0v) is 26.6. The van der Waals surface area contributed by atoms with Crippen LogP contribution < -0.4 is 4.74 Å². The number of aromatic nitrogens is 4. The van der Waals surface area contributed by atoms with Crippen LogP contribution in [0.3, 0.4) is 0 Å². The Balaban J connectivity index is 1.28. The Kier molecular flexibility index (Phi) is 5.50. The predicted octanol–water partition coefficient (Wildman–Crippen LogP) is 10.7. The van der Waals surface area contributed by atoms with Crippen LogP contribution in [-0.2, 0) is 5.41 Å². The van der Waals surface area contributed by atoms with Gasteiger partial charge in [-0.1, -0.05) is 86.3 Å². The fourth-order valence-electron chi connectivity index (χ4n) is 7.63. The van der Waals surface area contributed by atoms with E-state index < -0.39 is 0 Å². The van der Waals surface area contributed by atoms with E-state index in [9.17, 15) is 0 Å². The normalized spacial score (nSPS) is 13.8. The molecule has 0 bridgehead atoms. The summed E-state index contributed by atoms with van der Waals surface area (Å²) in [4.78, 5) is 12.1. The molecule has 224 valence electrons. The van der Waals surface area contributed by atoms with Crippen LogP contribution in [0.25, 0.3) is 54.9 Å². The Labute approximate surface area is 275 Å². The van der Waals surface area contributed by atoms with E-state index in [-0.39, 0.29) is 5.41 Å². The van der Waals surface area contributed by atoms with Gasteiger partial charge in [0.05, 0.1) is 16.6 Å². The van der Waals surface area contributed by atoms with Crippen molar-refractivity contribution >= 4 is 60.9 Å². The zero-order chi connectivity index (χ0) is 31.3. The van der Waals surface area contributed by atoms with E-state index in [2.05, 4.69) is 126 Å². The Morgan fingerprint density at radius 3 is 2.32 bits per heavy atom. The van der Waals surface area contributed by atoms with Crippen molar-refractivity contribution in [2.45, 2.75) is 29.1 Å². The molecule has 1 aliphatic rings. The number of imidazole rings is 1. The first-order valence-corrected chi connectivity index (χ1v) is 16.6. The van der Waals surface area contributed by atoms with Gasteiger partial charge in [-0.05, 0) is 59.5 Å². The molecule has 0 atom stereocenters. The molecule has 0 N–H and O–H groups in total. The van der Waals surface area contributed by atoms with E-state index in [4.69, 9.17) is 14.7 Å². The number of hydrogen-bond acceptors (Lipinski definition) is 4. The lowest BCUT2D eigenvalue weighted by Gasteiger charge is -2.36. The molecule has 0 unspecified atom stereocenters. The first-order valence-electron chi connectivity index (χ1n) is 15.8. The quantitative estimate of drug-likeness (QED) is 0.184. The number of ether oxygens (including phenoxy) is 1. The first-order chi connectivity index (χ1) is 23.1. The molecule has 0 radical (unpaired) electrons. The Hall–Kier alpha value is -5.59. The van der Waals surface area contributed by atoms with Crippen molar-refractivity contribution in [1.29, 1.82) is 0 Å². The average molecular weight is 625 g/mol. The summed E-state index contributed by atoms with van der Waals surface area (Å²) in [5.74, 6) is 2.50. The average Bonchev–Trinajstić information content (AvgIpc) is 3.73. The third-order valence-corrected chi connectivity index (χ3v) is 10.9. The van der Waals surface area contributed by atoms with E-state index in [1.165, 1.54) is 37.1 Å². The second kappa shape index (κ2) is 9.71. The summed E-state index contributed by atoms with van der Waals surface area (Å²) < 4.78 is 11.5. The Bertz CT molecular complexity index is 2720. The molecule has 0 spiro atoms. The summed E-state index contributed by atoms with van der Waals surface area (Å²) in [6, 6.07) is 40.6. The van der Waals surface area contributed by atoms with Crippen molar-refractivity contribution in [3.8, 4) is 17.3 Å². The van der Waals surface area contributed by atoms with E-state index in [0.29, 0.717) is 0 Å². The fourth-order valence-corrected chi connectivity index (χ4v) is 9.21.